The monoisotopic (exact) mass is 413 g/mol. The van der Waals surface area contributed by atoms with Crippen LogP contribution in [0.15, 0.2) is 45.6 Å². The summed E-state index contributed by atoms with van der Waals surface area (Å²) >= 11 is 1.56. The number of rotatable bonds is 6. The Morgan fingerprint density at radius 2 is 1.97 bits per heavy atom. The Morgan fingerprint density at radius 1 is 1.21 bits per heavy atom. The number of carbonyl (C=O) groups is 1. The third-order valence-electron chi connectivity index (χ3n) is 4.67. The van der Waals surface area contributed by atoms with Crippen LogP contribution in [0.2, 0.25) is 0 Å². The zero-order chi connectivity index (χ0) is 20.2. The molecule has 7 nitrogen and oxygen atoms in total. The second kappa shape index (κ2) is 8.86. The van der Waals surface area contributed by atoms with Crippen molar-refractivity contribution in [3.8, 4) is 11.4 Å². The Bertz CT molecular complexity index is 929. The van der Waals surface area contributed by atoms with Crippen molar-refractivity contribution in [1.82, 2.24) is 15.0 Å². The Morgan fingerprint density at radius 3 is 2.66 bits per heavy atom. The minimum atomic E-state index is -0.416. The van der Waals surface area contributed by atoms with Gasteiger partial charge in [0.15, 0.2) is 6.61 Å². The molecule has 0 aliphatic carbocycles. The lowest BCUT2D eigenvalue weighted by Gasteiger charge is -2.35. The molecule has 152 valence electrons. The highest BCUT2D eigenvalue weighted by molar-refractivity contribution is 7.08. The van der Waals surface area contributed by atoms with Gasteiger partial charge in [-0.15, -0.1) is 0 Å². The number of morpholine rings is 1. The third kappa shape index (κ3) is 5.09. The van der Waals surface area contributed by atoms with Gasteiger partial charge in [0.1, 0.15) is 0 Å². The number of hydrogen-bond acceptors (Lipinski definition) is 8. The first-order chi connectivity index (χ1) is 14.1. The van der Waals surface area contributed by atoms with Gasteiger partial charge in [0, 0.05) is 30.6 Å². The van der Waals surface area contributed by atoms with Crippen LogP contribution in [-0.4, -0.2) is 46.3 Å². The number of nitrogens with zero attached hydrogens (tertiary/aromatic N) is 3. The van der Waals surface area contributed by atoms with Crippen LogP contribution in [0.5, 0.6) is 0 Å². The van der Waals surface area contributed by atoms with Gasteiger partial charge < -0.3 is 14.0 Å². The van der Waals surface area contributed by atoms with E-state index in [0.29, 0.717) is 11.4 Å². The molecular formula is C21H23N3O4S. The largest absolute Gasteiger partial charge is 0.452 e. The predicted octanol–water partition coefficient (Wildman–Crippen LogP) is 3.76. The molecule has 3 heterocycles. The van der Waals surface area contributed by atoms with Gasteiger partial charge in [0.25, 0.3) is 5.89 Å². The second-order valence-corrected chi connectivity index (χ2v) is 8.03. The van der Waals surface area contributed by atoms with Crippen LogP contribution < -0.4 is 0 Å². The van der Waals surface area contributed by atoms with Gasteiger partial charge in [-0.1, -0.05) is 17.3 Å². The lowest BCUT2D eigenvalue weighted by molar-refractivity contribution is -0.0704. The molecule has 1 fully saturated rings. The molecule has 1 aromatic carbocycles. The first-order valence-corrected chi connectivity index (χ1v) is 10.5. The van der Waals surface area contributed by atoms with E-state index >= 15 is 0 Å². The molecule has 3 aromatic rings. The molecule has 1 aliphatic heterocycles. The van der Waals surface area contributed by atoms with Gasteiger partial charge in [0.2, 0.25) is 5.82 Å². The van der Waals surface area contributed by atoms with Crippen molar-refractivity contribution in [1.29, 1.82) is 0 Å². The SMILES string of the molecule is CC1CN(Cc2ccc(C(=O)OCc3nc(-c4ccsc4)no3)cc2)CC(C)O1. The number of aromatic nitrogens is 2. The first kappa shape index (κ1) is 19.8. The van der Waals surface area contributed by atoms with E-state index in [1.807, 2.05) is 29.0 Å². The fraction of sp³-hybridized carbons (Fsp3) is 0.381. The molecule has 0 amide bonds. The summed E-state index contributed by atoms with van der Waals surface area (Å²) < 4.78 is 16.2. The fourth-order valence-electron chi connectivity index (χ4n) is 3.45. The van der Waals surface area contributed by atoms with E-state index in [1.165, 1.54) is 0 Å². The first-order valence-electron chi connectivity index (χ1n) is 9.56. The maximum atomic E-state index is 12.3. The zero-order valence-electron chi connectivity index (χ0n) is 16.4. The van der Waals surface area contributed by atoms with Crippen molar-refractivity contribution in [2.75, 3.05) is 13.1 Å². The van der Waals surface area contributed by atoms with Crippen molar-refractivity contribution in [2.24, 2.45) is 0 Å². The van der Waals surface area contributed by atoms with Crippen molar-refractivity contribution in [3.05, 3.63) is 58.1 Å². The molecule has 2 unspecified atom stereocenters. The van der Waals surface area contributed by atoms with E-state index in [-0.39, 0.29) is 24.7 Å². The van der Waals surface area contributed by atoms with Crippen molar-refractivity contribution < 1.29 is 18.8 Å². The lowest BCUT2D eigenvalue weighted by atomic mass is 10.1. The molecule has 0 saturated carbocycles. The minimum Gasteiger partial charge on any atom is -0.452 e. The lowest BCUT2D eigenvalue weighted by Crippen LogP contribution is -2.44. The molecule has 29 heavy (non-hydrogen) atoms. The highest BCUT2D eigenvalue weighted by Gasteiger charge is 2.22. The molecule has 1 aliphatic rings. The molecule has 0 spiro atoms. The molecule has 2 aromatic heterocycles. The molecule has 4 rings (SSSR count). The van der Waals surface area contributed by atoms with Crippen LogP contribution in [0, 0.1) is 0 Å². The Hall–Kier alpha value is -2.55. The topological polar surface area (TPSA) is 77.7 Å². The van der Waals surface area contributed by atoms with Gasteiger partial charge in [-0.05, 0) is 43.0 Å². The molecular weight excluding hydrogens is 390 g/mol. The molecule has 0 radical (unpaired) electrons. The Kier molecular flexibility index (Phi) is 6.03. The van der Waals surface area contributed by atoms with Crippen LogP contribution >= 0.6 is 11.3 Å². The average Bonchev–Trinajstić information content (AvgIpc) is 3.37. The number of ether oxygens (including phenoxy) is 2. The van der Waals surface area contributed by atoms with E-state index < -0.39 is 5.97 Å². The van der Waals surface area contributed by atoms with Gasteiger partial charge in [-0.2, -0.15) is 16.3 Å². The van der Waals surface area contributed by atoms with E-state index in [2.05, 4.69) is 28.9 Å². The summed E-state index contributed by atoms with van der Waals surface area (Å²) in [5.74, 6) is 0.348. The van der Waals surface area contributed by atoms with E-state index in [1.54, 1.807) is 23.5 Å². The molecule has 8 heteroatoms. The third-order valence-corrected chi connectivity index (χ3v) is 5.35. The summed E-state index contributed by atoms with van der Waals surface area (Å²) in [6.07, 6.45) is 0.468. The van der Waals surface area contributed by atoms with Gasteiger partial charge >= 0.3 is 5.97 Å². The highest BCUT2D eigenvalue weighted by Crippen LogP contribution is 2.19. The van der Waals surface area contributed by atoms with Gasteiger partial charge in [-0.3, -0.25) is 4.90 Å². The number of carbonyl (C=O) groups excluding carboxylic acids is 1. The molecule has 1 saturated heterocycles. The van der Waals surface area contributed by atoms with Gasteiger partial charge in [-0.25, -0.2) is 4.79 Å². The van der Waals surface area contributed by atoms with Crippen LogP contribution in [-0.2, 0) is 22.6 Å². The number of thiophene rings is 1. The van der Waals surface area contributed by atoms with Crippen molar-refractivity contribution >= 4 is 17.3 Å². The van der Waals surface area contributed by atoms with Crippen LogP contribution in [0.4, 0.5) is 0 Å². The summed E-state index contributed by atoms with van der Waals surface area (Å²) in [4.78, 5) is 18.9. The average molecular weight is 413 g/mol. The number of hydrogen-bond donors (Lipinski definition) is 0. The fourth-order valence-corrected chi connectivity index (χ4v) is 4.09. The normalized spacial score (nSPS) is 19.9. The smallest absolute Gasteiger partial charge is 0.338 e. The van der Waals surface area contributed by atoms with E-state index in [9.17, 15) is 4.79 Å². The summed E-state index contributed by atoms with van der Waals surface area (Å²) in [5, 5.41) is 7.77. The van der Waals surface area contributed by atoms with Crippen LogP contribution in [0.3, 0.4) is 0 Å². The van der Waals surface area contributed by atoms with Gasteiger partial charge in [0.05, 0.1) is 17.8 Å². The second-order valence-electron chi connectivity index (χ2n) is 7.25. The molecule has 2 atom stereocenters. The number of benzene rings is 1. The minimum absolute atomic E-state index is 0.0543. The van der Waals surface area contributed by atoms with Crippen molar-refractivity contribution in [3.63, 3.8) is 0 Å². The summed E-state index contributed by atoms with van der Waals surface area (Å²) in [6, 6.07) is 9.40. The summed E-state index contributed by atoms with van der Waals surface area (Å²) in [5.41, 5.74) is 2.53. The highest BCUT2D eigenvalue weighted by atomic mass is 32.1. The van der Waals surface area contributed by atoms with E-state index in [0.717, 1.165) is 30.8 Å². The predicted molar refractivity (Wildman–Crippen MR) is 108 cm³/mol. The molecule has 0 bridgehead atoms. The molecule has 0 N–H and O–H groups in total. The maximum absolute atomic E-state index is 12.3. The zero-order valence-corrected chi connectivity index (χ0v) is 17.2. The van der Waals surface area contributed by atoms with E-state index in [4.69, 9.17) is 14.0 Å². The number of esters is 1. The summed E-state index contributed by atoms with van der Waals surface area (Å²) in [7, 11) is 0. The Balaban J connectivity index is 1.30. The van der Waals surface area contributed by atoms with Crippen molar-refractivity contribution in [2.45, 2.75) is 39.2 Å². The van der Waals surface area contributed by atoms with Crippen LogP contribution in [0.1, 0.15) is 35.7 Å². The summed E-state index contributed by atoms with van der Waals surface area (Å²) in [6.45, 7) is 6.78. The maximum Gasteiger partial charge on any atom is 0.338 e. The van der Waals surface area contributed by atoms with Crippen LogP contribution in [0.25, 0.3) is 11.4 Å². The standard InChI is InChI=1S/C21H23N3O4S/c1-14-9-24(10-15(2)27-14)11-16-3-5-17(6-4-16)21(25)26-12-19-22-20(23-28-19)18-7-8-29-13-18/h3-8,13-15H,9-12H2,1-2H3. The Labute approximate surface area is 173 Å². The quantitative estimate of drug-likeness (QED) is 0.569.